The van der Waals surface area contributed by atoms with E-state index < -0.39 is 11.3 Å². The number of nitrogens with zero attached hydrogens (tertiary/aromatic N) is 1. The standard InChI is InChI=1S/C29H32FNO3/c1-3-23-11-7-8-12-26(23)28(32-2)19-29(21-33-20-28)31(17-22-9-5-4-6-10-22)27(18-34-29)24-13-15-25(30)16-14-24/h4-16,27H,3,17-21H2,1-2H3/t27-,28+,29?/m1/s1. The largest absolute Gasteiger partial charge is 0.374 e. The van der Waals surface area contributed by atoms with Crippen LogP contribution in [0, 0.1) is 5.82 Å². The van der Waals surface area contributed by atoms with Crippen molar-refractivity contribution in [2.45, 2.75) is 43.7 Å². The van der Waals surface area contributed by atoms with Crippen molar-refractivity contribution in [2.24, 2.45) is 0 Å². The Balaban J connectivity index is 1.55. The summed E-state index contributed by atoms with van der Waals surface area (Å²) in [4.78, 5) is 2.39. The van der Waals surface area contributed by atoms with Gasteiger partial charge in [0.15, 0.2) is 0 Å². The number of halogens is 1. The molecule has 0 amide bonds. The van der Waals surface area contributed by atoms with Gasteiger partial charge in [0.05, 0.1) is 25.9 Å². The highest BCUT2D eigenvalue weighted by atomic mass is 19.1. The van der Waals surface area contributed by atoms with Gasteiger partial charge in [-0.25, -0.2) is 4.39 Å². The Morgan fingerprint density at radius 2 is 1.71 bits per heavy atom. The van der Waals surface area contributed by atoms with E-state index in [0.29, 0.717) is 32.8 Å². The average Bonchev–Trinajstić information content (AvgIpc) is 3.21. The molecule has 1 spiro atoms. The molecule has 34 heavy (non-hydrogen) atoms. The first kappa shape index (κ1) is 23.2. The first-order valence-corrected chi connectivity index (χ1v) is 12.0. The third-order valence-electron chi connectivity index (χ3n) is 7.36. The van der Waals surface area contributed by atoms with Crippen LogP contribution in [0.5, 0.6) is 0 Å². The summed E-state index contributed by atoms with van der Waals surface area (Å²) in [6.45, 7) is 4.31. The van der Waals surface area contributed by atoms with Gasteiger partial charge >= 0.3 is 0 Å². The Kier molecular flexibility index (Phi) is 6.54. The molecule has 2 aliphatic heterocycles. The number of hydrogen-bond donors (Lipinski definition) is 0. The molecular weight excluding hydrogens is 429 g/mol. The fraction of sp³-hybridized carbons (Fsp3) is 0.379. The Hall–Kier alpha value is -2.57. The summed E-state index contributed by atoms with van der Waals surface area (Å²) < 4.78 is 32.9. The van der Waals surface area contributed by atoms with E-state index in [1.807, 2.05) is 18.2 Å². The smallest absolute Gasteiger partial charge is 0.149 e. The Morgan fingerprint density at radius 3 is 2.44 bits per heavy atom. The molecule has 2 saturated heterocycles. The molecule has 1 unspecified atom stereocenters. The second-order valence-corrected chi connectivity index (χ2v) is 9.32. The number of hydrogen-bond acceptors (Lipinski definition) is 4. The van der Waals surface area contributed by atoms with Crippen LogP contribution >= 0.6 is 0 Å². The van der Waals surface area contributed by atoms with Gasteiger partial charge in [0, 0.05) is 20.1 Å². The van der Waals surface area contributed by atoms with Gasteiger partial charge in [-0.2, -0.15) is 0 Å². The summed E-state index contributed by atoms with van der Waals surface area (Å²) in [5.74, 6) is -0.234. The lowest BCUT2D eigenvalue weighted by Crippen LogP contribution is -2.58. The maximum Gasteiger partial charge on any atom is 0.149 e. The van der Waals surface area contributed by atoms with E-state index >= 15 is 0 Å². The maximum atomic E-state index is 13.7. The molecule has 0 aliphatic carbocycles. The summed E-state index contributed by atoms with van der Waals surface area (Å²) in [7, 11) is 1.77. The van der Waals surface area contributed by atoms with E-state index in [0.717, 1.165) is 17.5 Å². The van der Waals surface area contributed by atoms with Gasteiger partial charge in [-0.15, -0.1) is 0 Å². The van der Waals surface area contributed by atoms with Crippen molar-refractivity contribution in [1.82, 2.24) is 4.90 Å². The molecule has 3 aromatic carbocycles. The average molecular weight is 462 g/mol. The summed E-state index contributed by atoms with van der Waals surface area (Å²) >= 11 is 0. The Morgan fingerprint density at radius 1 is 0.971 bits per heavy atom. The highest BCUT2D eigenvalue weighted by molar-refractivity contribution is 5.34. The van der Waals surface area contributed by atoms with Crippen molar-refractivity contribution in [3.8, 4) is 0 Å². The zero-order valence-corrected chi connectivity index (χ0v) is 19.9. The number of aryl methyl sites for hydroxylation is 1. The predicted molar refractivity (Wildman–Crippen MR) is 130 cm³/mol. The minimum Gasteiger partial charge on any atom is -0.374 e. The van der Waals surface area contributed by atoms with Crippen LogP contribution in [0.2, 0.25) is 0 Å². The van der Waals surface area contributed by atoms with Gasteiger partial charge < -0.3 is 14.2 Å². The molecule has 4 nitrogen and oxygen atoms in total. The van der Waals surface area contributed by atoms with E-state index in [2.05, 4.69) is 60.4 Å². The number of ether oxygens (including phenoxy) is 3. The number of rotatable bonds is 6. The topological polar surface area (TPSA) is 30.9 Å². The van der Waals surface area contributed by atoms with Gasteiger partial charge in [0.25, 0.3) is 0 Å². The molecule has 0 N–H and O–H groups in total. The summed E-state index contributed by atoms with van der Waals surface area (Å²) in [6, 6.07) is 25.6. The Bertz CT molecular complexity index is 1110. The lowest BCUT2D eigenvalue weighted by atomic mass is 9.80. The third-order valence-corrected chi connectivity index (χ3v) is 7.36. The van der Waals surface area contributed by atoms with Crippen molar-refractivity contribution in [2.75, 3.05) is 26.9 Å². The van der Waals surface area contributed by atoms with Crippen LogP contribution in [0.15, 0.2) is 78.9 Å². The van der Waals surface area contributed by atoms with Gasteiger partial charge in [-0.3, -0.25) is 4.90 Å². The normalized spacial score (nSPS) is 27.3. The van der Waals surface area contributed by atoms with Crippen LogP contribution in [0.3, 0.4) is 0 Å². The molecule has 3 aromatic rings. The van der Waals surface area contributed by atoms with Crippen LogP contribution in [0.1, 0.15) is 41.6 Å². The molecule has 3 atom stereocenters. The molecular formula is C29H32FNO3. The van der Waals surface area contributed by atoms with E-state index in [9.17, 15) is 4.39 Å². The number of benzene rings is 3. The lowest BCUT2D eigenvalue weighted by molar-refractivity contribution is -0.239. The highest BCUT2D eigenvalue weighted by Crippen LogP contribution is 2.49. The van der Waals surface area contributed by atoms with Gasteiger partial charge in [0.1, 0.15) is 17.1 Å². The third kappa shape index (κ3) is 4.18. The zero-order valence-electron chi connectivity index (χ0n) is 19.9. The molecule has 0 saturated carbocycles. The van der Waals surface area contributed by atoms with E-state index in [1.165, 1.54) is 23.3 Å². The summed E-state index contributed by atoms with van der Waals surface area (Å²) in [5.41, 5.74) is 3.38. The van der Waals surface area contributed by atoms with E-state index in [-0.39, 0.29) is 11.9 Å². The number of methoxy groups -OCH3 is 1. The van der Waals surface area contributed by atoms with E-state index in [1.54, 1.807) is 7.11 Å². The monoisotopic (exact) mass is 461 g/mol. The van der Waals surface area contributed by atoms with Gasteiger partial charge in [-0.05, 0) is 40.8 Å². The lowest BCUT2D eigenvalue weighted by Gasteiger charge is -2.49. The molecule has 2 aliphatic rings. The fourth-order valence-electron chi connectivity index (χ4n) is 5.57. The SMILES string of the molecule is CCc1ccccc1[C@@]1(OC)COCC2(C1)OC[C@H](c1ccc(F)cc1)N2Cc1ccccc1. The summed E-state index contributed by atoms with van der Waals surface area (Å²) in [6.07, 6.45) is 1.57. The Labute approximate surface area is 201 Å². The molecule has 178 valence electrons. The molecule has 2 heterocycles. The van der Waals surface area contributed by atoms with Crippen molar-refractivity contribution in [1.29, 1.82) is 0 Å². The zero-order chi connectivity index (χ0) is 23.6. The minimum absolute atomic E-state index is 0.0153. The molecule has 0 radical (unpaired) electrons. The van der Waals surface area contributed by atoms with Crippen LogP contribution in [-0.2, 0) is 32.8 Å². The predicted octanol–water partition coefficient (Wildman–Crippen LogP) is 5.62. The highest BCUT2D eigenvalue weighted by Gasteiger charge is 2.56. The van der Waals surface area contributed by atoms with Crippen LogP contribution < -0.4 is 0 Å². The maximum absolute atomic E-state index is 13.7. The molecule has 5 rings (SSSR count). The van der Waals surface area contributed by atoms with E-state index in [4.69, 9.17) is 14.2 Å². The van der Waals surface area contributed by atoms with Gasteiger partial charge in [-0.1, -0.05) is 73.7 Å². The second kappa shape index (κ2) is 9.59. The van der Waals surface area contributed by atoms with Crippen molar-refractivity contribution >= 4 is 0 Å². The van der Waals surface area contributed by atoms with Crippen LogP contribution in [0.25, 0.3) is 0 Å². The molecule has 2 fully saturated rings. The summed E-state index contributed by atoms with van der Waals surface area (Å²) in [5, 5.41) is 0. The van der Waals surface area contributed by atoms with Crippen molar-refractivity contribution in [3.63, 3.8) is 0 Å². The van der Waals surface area contributed by atoms with Crippen LogP contribution in [0.4, 0.5) is 4.39 Å². The second-order valence-electron chi connectivity index (χ2n) is 9.32. The van der Waals surface area contributed by atoms with Gasteiger partial charge in [0.2, 0.25) is 0 Å². The van der Waals surface area contributed by atoms with Crippen LogP contribution in [-0.4, -0.2) is 37.6 Å². The minimum atomic E-state index is -0.663. The fourth-order valence-corrected chi connectivity index (χ4v) is 5.57. The first-order valence-electron chi connectivity index (χ1n) is 12.0. The molecule has 0 bridgehead atoms. The molecule has 5 heteroatoms. The molecule has 0 aromatic heterocycles. The van der Waals surface area contributed by atoms with Crippen molar-refractivity contribution < 1.29 is 18.6 Å². The quantitative estimate of drug-likeness (QED) is 0.477. The first-order chi connectivity index (χ1) is 16.6. The van der Waals surface area contributed by atoms with Crippen molar-refractivity contribution in [3.05, 3.63) is 107 Å².